The van der Waals surface area contributed by atoms with Crippen LogP contribution in [0.15, 0.2) is 35.5 Å². The molecule has 1 aromatic heterocycles. The van der Waals surface area contributed by atoms with Crippen LogP contribution in [-0.2, 0) is 25.6 Å². The minimum absolute atomic E-state index is 0.0331. The van der Waals surface area contributed by atoms with E-state index >= 15 is 0 Å². The zero-order valence-electron chi connectivity index (χ0n) is 22.7. The smallest absolute Gasteiger partial charge is 0.326 e. The number of carbonyl (C=O) groups excluding carboxylic acids is 3. The average Bonchev–Trinajstić information content (AvgIpc) is 3.30. The van der Waals surface area contributed by atoms with Crippen molar-refractivity contribution in [2.24, 2.45) is 28.1 Å². The van der Waals surface area contributed by atoms with Gasteiger partial charge in [0.1, 0.15) is 18.1 Å². The number of guanidine groups is 1. The van der Waals surface area contributed by atoms with Crippen LogP contribution in [0.5, 0.6) is 0 Å². The Hall–Kier alpha value is -3.78. The van der Waals surface area contributed by atoms with Gasteiger partial charge in [0.15, 0.2) is 5.96 Å². The van der Waals surface area contributed by atoms with Crippen molar-refractivity contribution in [1.82, 2.24) is 20.9 Å². The van der Waals surface area contributed by atoms with Gasteiger partial charge < -0.3 is 43.2 Å². The minimum atomic E-state index is -1.24. The van der Waals surface area contributed by atoms with Crippen LogP contribution < -0.4 is 33.2 Å². The number of benzene rings is 1. The molecule has 0 saturated carbocycles. The van der Waals surface area contributed by atoms with E-state index < -0.39 is 47.9 Å². The largest absolute Gasteiger partial charge is 0.480 e. The number of carboxylic acid groups (broad SMARTS) is 1. The normalized spacial score (nSPS) is 14.1. The molecule has 0 fully saturated rings. The molecule has 3 amide bonds. The van der Waals surface area contributed by atoms with Gasteiger partial charge >= 0.3 is 5.97 Å². The van der Waals surface area contributed by atoms with E-state index in [4.69, 9.17) is 17.2 Å². The number of aliphatic carboxylic acids is 1. The highest BCUT2D eigenvalue weighted by molar-refractivity contribution is 7.80. The molecule has 14 heteroatoms. The molecule has 0 aliphatic heterocycles. The highest BCUT2D eigenvalue weighted by atomic mass is 32.1. The standard InChI is InChI=1S/C26H40N8O5S/c1-14(2)10-20(33-22(35)17(27)11-15-12-31-18-7-4-3-6-16(15)18)23(36)34-21(13-40)24(37)32-19(25(38)39)8-5-9-30-26(28)29/h3-4,6-7,12,14,17,19-21,31,40H,5,8-11,13,27H2,1-2H3,(H,32,37)(H,33,35)(H,34,36)(H,38,39)(H4,28,29,30). The Balaban J connectivity index is 2.02. The number of nitrogens with one attached hydrogen (secondary N) is 4. The number of nitrogens with zero attached hydrogens (tertiary/aromatic N) is 1. The van der Waals surface area contributed by atoms with Gasteiger partial charge in [-0.15, -0.1) is 0 Å². The maximum absolute atomic E-state index is 13.2. The quantitative estimate of drug-likeness (QED) is 0.0551. The second kappa shape index (κ2) is 15.7. The summed E-state index contributed by atoms with van der Waals surface area (Å²) in [6, 6.07) is 3.42. The number of para-hydroxylation sites is 1. The molecule has 13 nitrogen and oxygen atoms in total. The number of H-pyrrole nitrogens is 1. The maximum atomic E-state index is 13.2. The summed E-state index contributed by atoms with van der Waals surface area (Å²) in [6.45, 7) is 3.98. The zero-order chi connectivity index (χ0) is 29.8. The van der Waals surface area contributed by atoms with Crippen LogP contribution in [0.1, 0.15) is 38.7 Å². The van der Waals surface area contributed by atoms with Crippen LogP contribution in [0, 0.1) is 5.92 Å². The van der Waals surface area contributed by atoms with E-state index in [1.54, 1.807) is 6.20 Å². The van der Waals surface area contributed by atoms with Crippen LogP contribution in [0.4, 0.5) is 0 Å². The Kier molecular flexibility index (Phi) is 12.7. The molecular formula is C26H40N8O5S. The van der Waals surface area contributed by atoms with Gasteiger partial charge in [-0.1, -0.05) is 32.0 Å². The Labute approximate surface area is 238 Å². The number of aromatic amines is 1. The second-order valence-corrected chi connectivity index (χ2v) is 10.3. The minimum Gasteiger partial charge on any atom is -0.480 e. The molecule has 0 aliphatic carbocycles. The van der Waals surface area contributed by atoms with E-state index in [0.29, 0.717) is 12.8 Å². The summed E-state index contributed by atoms with van der Waals surface area (Å²) < 4.78 is 0. The number of aliphatic imine (C=N–C) groups is 1. The van der Waals surface area contributed by atoms with Crippen LogP contribution in [0.3, 0.4) is 0 Å². The first-order valence-electron chi connectivity index (χ1n) is 13.0. The topological polar surface area (TPSA) is 231 Å². The van der Waals surface area contributed by atoms with Crippen molar-refractivity contribution in [2.75, 3.05) is 12.3 Å². The Morgan fingerprint density at radius 1 is 1.00 bits per heavy atom. The zero-order valence-corrected chi connectivity index (χ0v) is 23.6. The van der Waals surface area contributed by atoms with Crippen molar-refractivity contribution < 1.29 is 24.3 Å². The van der Waals surface area contributed by atoms with E-state index in [2.05, 4.69) is 38.6 Å². The highest BCUT2D eigenvalue weighted by Gasteiger charge is 2.30. The lowest BCUT2D eigenvalue weighted by Gasteiger charge is -2.25. The molecule has 0 saturated heterocycles. The van der Waals surface area contributed by atoms with E-state index in [0.717, 1.165) is 16.5 Å². The number of carbonyl (C=O) groups is 4. The van der Waals surface area contributed by atoms with Crippen molar-refractivity contribution >= 4 is 53.2 Å². The van der Waals surface area contributed by atoms with E-state index in [1.807, 2.05) is 38.1 Å². The summed E-state index contributed by atoms with van der Waals surface area (Å²) in [4.78, 5) is 57.5. The molecule has 0 bridgehead atoms. The fraction of sp³-hybridized carbons (Fsp3) is 0.500. The molecule has 0 aliphatic rings. The van der Waals surface area contributed by atoms with Gasteiger partial charge in [-0.05, 0) is 43.2 Å². The van der Waals surface area contributed by atoms with Crippen molar-refractivity contribution in [3.63, 3.8) is 0 Å². The van der Waals surface area contributed by atoms with E-state index in [9.17, 15) is 24.3 Å². The lowest BCUT2D eigenvalue weighted by atomic mass is 10.0. The third-order valence-corrected chi connectivity index (χ3v) is 6.53. The van der Waals surface area contributed by atoms with Gasteiger partial charge in [0.2, 0.25) is 17.7 Å². The Bertz CT molecular complexity index is 1200. The van der Waals surface area contributed by atoms with Crippen molar-refractivity contribution in [1.29, 1.82) is 0 Å². The van der Waals surface area contributed by atoms with Crippen LogP contribution in [0.25, 0.3) is 10.9 Å². The van der Waals surface area contributed by atoms with Crippen molar-refractivity contribution in [2.45, 2.75) is 63.7 Å². The molecule has 4 unspecified atom stereocenters. The summed E-state index contributed by atoms with van der Waals surface area (Å²) in [5.41, 5.74) is 18.5. The number of hydrogen-bond donors (Lipinski definition) is 9. The third kappa shape index (κ3) is 10.1. The molecule has 0 radical (unpaired) electrons. The average molecular weight is 577 g/mol. The molecule has 40 heavy (non-hydrogen) atoms. The first-order chi connectivity index (χ1) is 18.9. The molecule has 2 rings (SSSR count). The molecule has 1 heterocycles. The number of hydrogen-bond acceptors (Lipinski definition) is 7. The Morgan fingerprint density at radius 2 is 1.62 bits per heavy atom. The predicted molar refractivity (Wildman–Crippen MR) is 157 cm³/mol. The molecule has 0 spiro atoms. The van der Waals surface area contributed by atoms with Crippen LogP contribution in [0.2, 0.25) is 0 Å². The summed E-state index contributed by atoms with van der Waals surface area (Å²) in [5, 5.41) is 18.1. The molecule has 220 valence electrons. The van der Waals surface area contributed by atoms with Crippen LogP contribution in [-0.4, -0.2) is 76.2 Å². The summed E-state index contributed by atoms with van der Waals surface area (Å²) in [6.07, 6.45) is 2.74. The summed E-state index contributed by atoms with van der Waals surface area (Å²) in [5.74, 6) is -3.25. The third-order valence-electron chi connectivity index (χ3n) is 6.17. The van der Waals surface area contributed by atoms with Gasteiger partial charge in [0.05, 0.1) is 6.04 Å². The lowest BCUT2D eigenvalue weighted by molar-refractivity contribution is -0.142. The number of carboxylic acids is 1. The fourth-order valence-corrected chi connectivity index (χ4v) is 4.37. The molecule has 4 atom stereocenters. The fourth-order valence-electron chi connectivity index (χ4n) is 4.11. The molecule has 2 aromatic rings. The number of rotatable bonds is 16. The van der Waals surface area contributed by atoms with Gasteiger partial charge in [-0.25, -0.2) is 4.79 Å². The van der Waals surface area contributed by atoms with Gasteiger partial charge in [-0.3, -0.25) is 19.4 Å². The number of aromatic nitrogens is 1. The predicted octanol–water partition coefficient (Wildman–Crippen LogP) is -0.394. The van der Waals surface area contributed by atoms with Gasteiger partial charge in [0.25, 0.3) is 0 Å². The molecular weight excluding hydrogens is 536 g/mol. The summed E-state index contributed by atoms with van der Waals surface area (Å²) in [7, 11) is 0. The van der Waals surface area contributed by atoms with Gasteiger partial charge in [-0.2, -0.15) is 12.6 Å². The van der Waals surface area contributed by atoms with Crippen LogP contribution >= 0.6 is 12.6 Å². The molecule has 11 N–H and O–H groups in total. The number of amides is 3. The monoisotopic (exact) mass is 576 g/mol. The molecule has 1 aromatic carbocycles. The number of nitrogens with two attached hydrogens (primary N) is 3. The van der Waals surface area contributed by atoms with Crippen molar-refractivity contribution in [3.05, 3.63) is 36.0 Å². The SMILES string of the molecule is CC(C)CC(NC(=O)C(N)Cc1c[nH]c2ccccc12)C(=O)NC(CS)C(=O)NC(CCCN=C(N)N)C(=O)O. The lowest BCUT2D eigenvalue weighted by Crippen LogP contribution is -2.58. The highest BCUT2D eigenvalue weighted by Crippen LogP contribution is 2.19. The maximum Gasteiger partial charge on any atom is 0.326 e. The van der Waals surface area contributed by atoms with Gasteiger partial charge in [0, 0.05) is 29.4 Å². The first-order valence-corrected chi connectivity index (χ1v) is 13.7. The van der Waals surface area contributed by atoms with E-state index in [1.165, 1.54) is 0 Å². The Morgan fingerprint density at radius 3 is 2.25 bits per heavy atom. The van der Waals surface area contributed by atoms with E-state index in [-0.39, 0.29) is 37.0 Å². The number of fused-ring (bicyclic) bond motifs is 1. The first kappa shape index (κ1) is 32.4. The number of thiol groups is 1. The summed E-state index contributed by atoms with van der Waals surface area (Å²) >= 11 is 4.15. The van der Waals surface area contributed by atoms with Crippen molar-refractivity contribution in [3.8, 4) is 0 Å². The second-order valence-electron chi connectivity index (χ2n) is 9.95.